The van der Waals surface area contributed by atoms with E-state index in [0.29, 0.717) is 11.3 Å². The lowest BCUT2D eigenvalue weighted by Crippen LogP contribution is -2.42. The van der Waals surface area contributed by atoms with Crippen molar-refractivity contribution in [3.8, 4) is 5.75 Å². The molecule has 1 saturated heterocycles. The molecule has 0 bridgehead atoms. The molecule has 2 amide bonds. The maximum Gasteiger partial charge on any atom is 0.328 e. The van der Waals surface area contributed by atoms with Gasteiger partial charge in [-0.05, 0) is 30.8 Å². The molecule has 1 aliphatic heterocycles. The predicted molar refractivity (Wildman–Crippen MR) is 82.3 cm³/mol. The first kappa shape index (κ1) is 16.1. The molecule has 7 heteroatoms. The number of ether oxygens (including phenoxy) is 2. The lowest BCUT2D eigenvalue weighted by atomic mass is 10.2. The van der Waals surface area contributed by atoms with Gasteiger partial charge in [-0.3, -0.25) is 14.5 Å². The Morgan fingerprint density at radius 2 is 1.95 bits per heavy atom. The average molecular weight is 321 g/mol. The number of rotatable bonds is 4. The normalized spacial score (nSPS) is 17.8. The molecule has 0 unspecified atom stereocenters. The maximum absolute atomic E-state index is 12.3. The molecule has 1 aromatic rings. The maximum atomic E-state index is 12.3. The Labute approximate surface area is 132 Å². The van der Waals surface area contributed by atoms with Crippen molar-refractivity contribution in [1.82, 2.24) is 4.90 Å². The molecular formula is C15H15NO5S. The summed E-state index contributed by atoms with van der Waals surface area (Å²) in [6.45, 7) is 1.45. The summed E-state index contributed by atoms with van der Waals surface area (Å²) in [4.78, 5) is 37.0. The number of hydrogen-bond donors (Lipinski definition) is 0. The Hall–Kier alpha value is -2.28. The number of benzene rings is 1. The summed E-state index contributed by atoms with van der Waals surface area (Å²) in [6, 6.07) is 6.18. The van der Waals surface area contributed by atoms with Crippen molar-refractivity contribution in [3.63, 3.8) is 0 Å². The summed E-state index contributed by atoms with van der Waals surface area (Å²) in [5.74, 6) is -0.560. The van der Waals surface area contributed by atoms with Gasteiger partial charge in [-0.1, -0.05) is 18.2 Å². The van der Waals surface area contributed by atoms with Crippen LogP contribution in [0.1, 0.15) is 12.5 Å². The van der Waals surface area contributed by atoms with Crippen LogP contribution < -0.4 is 4.74 Å². The minimum absolute atomic E-state index is 0.241. The Balaban J connectivity index is 2.32. The number of imide groups is 1. The summed E-state index contributed by atoms with van der Waals surface area (Å²) >= 11 is 0.787. The second-order valence-electron chi connectivity index (χ2n) is 4.49. The van der Waals surface area contributed by atoms with Crippen molar-refractivity contribution >= 4 is 35.0 Å². The lowest BCUT2D eigenvalue weighted by Gasteiger charge is -2.18. The Morgan fingerprint density at radius 1 is 1.27 bits per heavy atom. The van der Waals surface area contributed by atoms with E-state index in [1.165, 1.54) is 21.1 Å². The third-order valence-electron chi connectivity index (χ3n) is 3.18. The van der Waals surface area contributed by atoms with Crippen molar-refractivity contribution in [1.29, 1.82) is 0 Å². The molecule has 0 spiro atoms. The molecule has 22 heavy (non-hydrogen) atoms. The highest BCUT2D eigenvalue weighted by atomic mass is 32.2. The van der Waals surface area contributed by atoms with E-state index in [1.807, 2.05) is 0 Å². The number of esters is 1. The minimum atomic E-state index is -0.957. The summed E-state index contributed by atoms with van der Waals surface area (Å²) in [5.41, 5.74) is 0.682. The Bertz CT molecular complexity index is 655. The Morgan fingerprint density at radius 3 is 2.59 bits per heavy atom. The van der Waals surface area contributed by atoms with E-state index in [-0.39, 0.29) is 4.91 Å². The molecule has 0 aromatic heterocycles. The standard InChI is InChI=1S/C15H15NO5S/c1-9(14(18)21-3)16-13(17)12(22-15(16)19)8-10-6-4-5-7-11(10)20-2/h4-9H,1-3H3/b12-8-/t9-/m1/s1. The van der Waals surface area contributed by atoms with Crippen molar-refractivity contribution in [2.75, 3.05) is 14.2 Å². The summed E-state index contributed by atoms with van der Waals surface area (Å²) in [7, 11) is 2.74. The number of thioether (sulfide) groups is 1. The Kier molecular flexibility index (Phi) is 4.87. The van der Waals surface area contributed by atoms with Gasteiger partial charge in [0.05, 0.1) is 19.1 Å². The van der Waals surface area contributed by atoms with Gasteiger partial charge in [0, 0.05) is 5.56 Å². The van der Waals surface area contributed by atoms with Crippen molar-refractivity contribution in [2.45, 2.75) is 13.0 Å². The molecule has 1 aliphatic rings. The van der Waals surface area contributed by atoms with Gasteiger partial charge in [0.25, 0.3) is 11.1 Å². The predicted octanol–water partition coefficient (Wildman–Crippen LogP) is 2.29. The quantitative estimate of drug-likeness (QED) is 0.626. The van der Waals surface area contributed by atoms with E-state index in [2.05, 4.69) is 4.74 Å². The van der Waals surface area contributed by atoms with Gasteiger partial charge in [-0.25, -0.2) is 4.79 Å². The van der Waals surface area contributed by atoms with Gasteiger partial charge in [0.1, 0.15) is 11.8 Å². The highest BCUT2D eigenvalue weighted by Crippen LogP contribution is 2.35. The molecule has 0 N–H and O–H groups in total. The van der Waals surface area contributed by atoms with Gasteiger partial charge in [0.2, 0.25) is 0 Å². The number of carbonyl (C=O) groups excluding carboxylic acids is 3. The molecule has 0 aliphatic carbocycles. The monoisotopic (exact) mass is 321 g/mol. The zero-order valence-electron chi connectivity index (χ0n) is 12.4. The largest absolute Gasteiger partial charge is 0.496 e. The van der Waals surface area contributed by atoms with E-state index in [0.717, 1.165) is 16.7 Å². The first-order chi connectivity index (χ1) is 10.5. The molecule has 1 atom stereocenters. The third kappa shape index (κ3) is 2.99. The SMILES string of the molecule is COC(=O)[C@@H](C)N1C(=O)S/C(=C\c2ccccc2OC)C1=O. The average Bonchev–Trinajstić information content (AvgIpc) is 2.80. The first-order valence-electron chi connectivity index (χ1n) is 6.47. The third-order valence-corrected chi connectivity index (χ3v) is 4.06. The van der Waals surface area contributed by atoms with Gasteiger partial charge in [-0.15, -0.1) is 0 Å². The molecular weight excluding hydrogens is 306 g/mol. The molecule has 1 heterocycles. The van der Waals surface area contributed by atoms with Crippen molar-refractivity contribution < 1.29 is 23.9 Å². The van der Waals surface area contributed by atoms with Crippen LogP contribution in [0.4, 0.5) is 4.79 Å². The fourth-order valence-electron chi connectivity index (χ4n) is 2.02. The molecule has 2 rings (SSSR count). The smallest absolute Gasteiger partial charge is 0.328 e. The van der Waals surface area contributed by atoms with Crippen LogP contribution in [0.2, 0.25) is 0 Å². The molecule has 6 nitrogen and oxygen atoms in total. The van der Waals surface area contributed by atoms with Crippen LogP contribution >= 0.6 is 11.8 Å². The van der Waals surface area contributed by atoms with Crippen molar-refractivity contribution in [3.05, 3.63) is 34.7 Å². The van der Waals surface area contributed by atoms with E-state index in [1.54, 1.807) is 30.3 Å². The van der Waals surface area contributed by atoms with Crippen molar-refractivity contribution in [2.24, 2.45) is 0 Å². The molecule has 0 radical (unpaired) electrons. The van der Waals surface area contributed by atoms with Crippen LogP contribution in [-0.4, -0.2) is 42.3 Å². The molecule has 1 fully saturated rings. The van der Waals surface area contributed by atoms with Crippen LogP contribution in [0.25, 0.3) is 6.08 Å². The highest BCUT2D eigenvalue weighted by Gasteiger charge is 2.41. The van der Waals surface area contributed by atoms with Crippen LogP contribution in [0.15, 0.2) is 29.2 Å². The number of para-hydroxylation sites is 1. The fraction of sp³-hybridized carbons (Fsp3) is 0.267. The first-order valence-corrected chi connectivity index (χ1v) is 7.29. The molecule has 1 aromatic carbocycles. The zero-order valence-corrected chi connectivity index (χ0v) is 13.2. The van der Waals surface area contributed by atoms with Gasteiger partial charge < -0.3 is 9.47 Å². The van der Waals surface area contributed by atoms with E-state index < -0.39 is 23.2 Å². The van der Waals surface area contributed by atoms with Gasteiger partial charge in [0.15, 0.2) is 0 Å². The van der Waals surface area contributed by atoms with E-state index >= 15 is 0 Å². The van der Waals surface area contributed by atoms with E-state index in [4.69, 9.17) is 4.74 Å². The molecule has 116 valence electrons. The summed E-state index contributed by atoms with van der Waals surface area (Å²) in [5, 5.41) is -0.496. The number of methoxy groups -OCH3 is 2. The summed E-state index contributed by atoms with van der Waals surface area (Å²) in [6.07, 6.45) is 1.58. The zero-order chi connectivity index (χ0) is 16.3. The number of hydrogen-bond acceptors (Lipinski definition) is 6. The number of amides is 2. The second-order valence-corrected chi connectivity index (χ2v) is 5.49. The van der Waals surface area contributed by atoms with Gasteiger partial charge in [-0.2, -0.15) is 0 Å². The fourth-order valence-corrected chi connectivity index (χ4v) is 2.92. The van der Waals surface area contributed by atoms with Crippen LogP contribution in [0, 0.1) is 0 Å². The highest BCUT2D eigenvalue weighted by molar-refractivity contribution is 8.18. The lowest BCUT2D eigenvalue weighted by molar-refractivity contribution is -0.148. The molecule has 0 saturated carbocycles. The van der Waals surface area contributed by atoms with Gasteiger partial charge >= 0.3 is 5.97 Å². The second kappa shape index (κ2) is 6.65. The topological polar surface area (TPSA) is 72.9 Å². The minimum Gasteiger partial charge on any atom is -0.496 e. The van der Waals surface area contributed by atoms with Crippen LogP contribution in [0.5, 0.6) is 5.75 Å². The number of carbonyl (C=O) groups is 3. The summed E-state index contributed by atoms with van der Waals surface area (Å²) < 4.78 is 9.79. The van der Waals surface area contributed by atoms with E-state index in [9.17, 15) is 14.4 Å². The number of nitrogens with zero attached hydrogens (tertiary/aromatic N) is 1. The van der Waals surface area contributed by atoms with Crippen LogP contribution in [0.3, 0.4) is 0 Å². The van der Waals surface area contributed by atoms with Crippen LogP contribution in [-0.2, 0) is 14.3 Å².